The lowest BCUT2D eigenvalue weighted by Crippen LogP contribution is -2.31. The molecule has 1 atom stereocenters. The molecule has 0 spiro atoms. The van der Waals surface area contributed by atoms with Gasteiger partial charge in [-0.3, -0.25) is 4.79 Å². The molecule has 2 aromatic carbocycles. The fraction of sp³-hybridized carbons (Fsp3) is 0.316. The van der Waals surface area contributed by atoms with Crippen molar-refractivity contribution in [2.75, 3.05) is 13.7 Å². The zero-order valence-electron chi connectivity index (χ0n) is 14.1. The molecule has 0 saturated carbocycles. The highest BCUT2D eigenvalue weighted by molar-refractivity contribution is 5.78. The van der Waals surface area contributed by atoms with Gasteiger partial charge in [-0.15, -0.1) is 0 Å². The highest BCUT2D eigenvalue weighted by Crippen LogP contribution is 2.20. The van der Waals surface area contributed by atoms with Gasteiger partial charge in [0.05, 0.1) is 13.2 Å². The first kappa shape index (κ1) is 16.9. The van der Waals surface area contributed by atoms with Crippen LogP contribution in [0.25, 0.3) is 0 Å². The summed E-state index contributed by atoms with van der Waals surface area (Å²) in [5.41, 5.74) is 3.23. The number of rotatable bonds is 6. The number of carbonyl (C=O) groups excluding carboxylic acids is 1. The number of nitrogens with one attached hydrogen (secondary N) is 1. The van der Waals surface area contributed by atoms with Crippen LogP contribution >= 0.6 is 0 Å². The van der Waals surface area contributed by atoms with Crippen LogP contribution in [0.3, 0.4) is 0 Å². The molecular weight excluding hydrogens is 290 g/mol. The van der Waals surface area contributed by atoms with Gasteiger partial charge in [-0.25, -0.2) is 0 Å². The van der Waals surface area contributed by atoms with Gasteiger partial charge < -0.3 is 14.8 Å². The molecule has 0 bridgehead atoms. The number of methoxy groups -OCH3 is 1. The molecule has 4 heteroatoms. The van der Waals surface area contributed by atoms with Crippen LogP contribution in [0.1, 0.15) is 29.7 Å². The molecule has 2 rings (SSSR count). The predicted molar refractivity (Wildman–Crippen MR) is 91.0 cm³/mol. The third-order valence-corrected chi connectivity index (χ3v) is 3.91. The molecule has 23 heavy (non-hydrogen) atoms. The molecule has 0 aliphatic rings. The molecule has 2 aromatic rings. The largest absolute Gasteiger partial charge is 0.497 e. The molecule has 0 aromatic heterocycles. The fourth-order valence-corrected chi connectivity index (χ4v) is 2.28. The molecule has 0 radical (unpaired) electrons. The van der Waals surface area contributed by atoms with Gasteiger partial charge in [-0.2, -0.15) is 0 Å². The van der Waals surface area contributed by atoms with Gasteiger partial charge >= 0.3 is 0 Å². The summed E-state index contributed by atoms with van der Waals surface area (Å²) in [6.07, 6.45) is 0. The average Bonchev–Trinajstić information content (AvgIpc) is 2.56. The number of carbonyl (C=O) groups is 1. The van der Waals surface area contributed by atoms with Crippen LogP contribution in [0.15, 0.2) is 42.5 Å². The summed E-state index contributed by atoms with van der Waals surface area (Å²) in [6, 6.07) is 13.4. The summed E-state index contributed by atoms with van der Waals surface area (Å²) >= 11 is 0. The first-order valence-electron chi connectivity index (χ1n) is 7.63. The predicted octanol–water partition coefficient (Wildman–Crippen LogP) is 3.57. The Balaban J connectivity index is 1.89. The smallest absolute Gasteiger partial charge is 0.258 e. The van der Waals surface area contributed by atoms with Gasteiger partial charge in [-0.1, -0.05) is 24.3 Å². The van der Waals surface area contributed by atoms with Gasteiger partial charge in [0.1, 0.15) is 11.5 Å². The van der Waals surface area contributed by atoms with Crippen LogP contribution in [0.2, 0.25) is 0 Å². The minimum absolute atomic E-state index is 0.00475. The molecule has 4 nitrogen and oxygen atoms in total. The van der Waals surface area contributed by atoms with E-state index in [1.54, 1.807) is 7.11 Å². The minimum Gasteiger partial charge on any atom is -0.497 e. The first-order chi connectivity index (χ1) is 11.0. The highest BCUT2D eigenvalue weighted by Gasteiger charge is 2.11. The topological polar surface area (TPSA) is 47.6 Å². The maximum atomic E-state index is 12.1. The maximum absolute atomic E-state index is 12.1. The van der Waals surface area contributed by atoms with Gasteiger partial charge in [0.2, 0.25) is 0 Å². The average molecular weight is 313 g/mol. The van der Waals surface area contributed by atoms with Crippen molar-refractivity contribution in [1.29, 1.82) is 0 Å². The van der Waals surface area contributed by atoms with E-state index in [2.05, 4.69) is 5.32 Å². The van der Waals surface area contributed by atoms with Gasteiger partial charge in [0, 0.05) is 0 Å². The van der Waals surface area contributed by atoms with E-state index in [1.807, 2.05) is 63.2 Å². The molecule has 0 fully saturated rings. The van der Waals surface area contributed by atoms with Crippen LogP contribution in [-0.4, -0.2) is 19.6 Å². The number of hydrogen-bond donors (Lipinski definition) is 1. The highest BCUT2D eigenvalue weighted by atomic mass is 16.5. The van der Waals surface area contributed by atoms with E-state index in [-0.39, 0.29) is 18.6 Å². The van der Waals surface area contributed by atoms with E-state index in [9.17, 15) is 4.79 Å². The lowest BCUT2D eigenvalue weighted by Gasteiger charge is -2.16. The third kappa shape index (κ3) is 4.49. The van der Waals surface area contributed by atoms with Crippen molar-refractivity contribution in [3.63, 3.8) is 0 Å². The summed E-state index contributed by atoms with van der Waals surface area (Å²) in [5, 5.41) is 2.93. The lowest BCUT2D eigenvalue weighted by molar-refractivity contribution is -0.123. The van der Waals surface area contributed by atoms with E-state index in [0.717, 1.165) is 28.2 Å². The Morgan fingerprint density at radius 2 is 1.83 bits per heavy atom. The molecule has 0 heterocycles. The molecule has 0 aliphatic heterocycles. The number of benzene rings is 2. The van der Waals surface area contributed by atoms with Crippen LogP contribution in [0.4, 0.5) is 0 Å². The lowest BCUT2D eigenvalue weighted by atomic mass is 10.1. The zero-order valence-corrected chi connectivity index (χ0v) is 14.1. The van der Waals surface area contributed by atoms with Crippen LogP contribution < -0.4 is 14.8 Å². The summed E-state index contributed by atoms with van der Waals surface area (Å²) < 4.78 is 10.8. The van der Waals surface area contributed by atoms with Crippen molar-refractivity contribution < 1.29 is 14.3 Å². The van der Waals surface area contributed by atoms with Gasteiger partial charge in [0.25, 0.3) is 5.91 Å². The monoisotopic (exact) mass is 313 g/mol. The Morgan fingerprint density at radius 1 is 1.13 bits per heavy atom. The van der Waals surface area contributed by atoms with Crippen LogP contribution in [0, 0.1) is 13.8 Å². The third-order valence-electron chi connectivity index (χ3n) is 3.91. The summed E-state index contributed by atoms with van der Waals surface area (Å²) in [6.45, 7) is 5.96. The normalized spacial score (nSPS) is 11.7. The number of ether oxygens (including phenoxy) is 2. The molecular formula is C19H23NO3. The van der Waals surface area contributed by atoms with Crippen molar-refractivity contribution in [2.24, 2.45) is 0 Å². The molecule has 122 valence electrons. The van der Waals surface area contributed by atoms with Gasteiger partial charge in [-0.05, 0) is 55.7 Å². The molecule has 1 N–H and O–H groups in total. The van der Waals surface area contributed by atoms with Crippen molar-refractivity contribution >= 4 is 5.91 Å². The second-order valence-corrected chi connectivity index (χ2v) is 5.55. The first-order valence-corrected chi connectivity index (χ1v) is 7.63. The second kappa shape index (κ2) is 7.68. The Bertz CT molecular complexity index is 665. The summed E-state index contributed by atoms with van der Waals surface area (Å²) in [5.74, 6) is 1.40. The Hall–Kier alpha value is -2.49. The molecule has 1 amide bonds. The molecule has 0 saturated heterocycles. The van der Waals surface area contributed by atoms with E-state index in [4.69, 9.17) is 9.47 Å². The van der Waals surface area contributed by atoms with E-state index in [0.29, 0.717) is 0 Å². The SMILES string of the molecule is COc1ccc([C@H](C)NC(=O)COc2cccc(C)c2C)cc1. The maximum Gasteiger partial charge on any atom is 0.258 e. The van der Waals surface area contributed by atoms with E-state index in [1.165, 1.54) is 0 Å². The minimum atomic E-state index is -0.144. The zero-order chi connectivity index (χ0) is 16.8. The Morgan fingerprint density at radius 3 is 2.48 bits per heavy atom. The van der Waals surface area contributed by atoms with Crippen molar-refractivity contribution in [3.8, 4) is 11.5 Å². The molecule has 0 aliphatic carbocycles. The summed E-state index contributed by atoms with van der Waals surface area (Å²) in [4.78, 5) is 12.1. The van der Waals surface area contributed by atoms with Crippen LogP contribution in [0.5, 0.6) is 11.5 Å². The summed E-state index contributed by atoms with van der Waals surface area (Å²) in [7, 11) is 1.63. The number of aryl methyl sites for hydroxylation is 1. The van der Waals surface area contributed by atoms with Crippen molar-refractivity contribution in [3.05, 3.63) is 59.2 Å². The van der Waals surface area contributed by atoms with Gasteiger partial charge in [0.15, 0.2) is 6.61 Å². The second-order valence-electron chi connectivity index (χ2n) is 5.55. The molecule has 0 unspecified atom stereocenters. The Labute approximate surface area is 137 Å². The van der Waals surface area contributed by atoms with Crippen LogP contribution in [-0.2, 0) is 4.79 Å². The van der Waals surface area contributed by atoms with E-state index >= 15 is 0 Å². The van der Waals surface area contributed by atoms with Crippen molar-refractivity contribution in [2.45, 2.75) is 26.8 Å². The standard InChI is InChI=1S/C19H23NO3/c1-13-6-5-7-18(14(13)2)23-12-19(21)20-15(3)16-8-10-17(22-4)11-9-16/h5-11,15H,12H2,1-4H3,(H,20,21)/t15-/m0/s1. The Kier molecular flexibility index (Phi) is 5.63. The number of hydrogen-bond acceptors (Lipinski definition) is 3. The number of amides is 1. The van der Waals surface area contributed by atoms with E-state index < -0.39 is 0 Å². The van der Waals surface area contributed by atoms with Crippen molar-refractivity contribution in [1.82, 2.24) is 5.32 Å². The fourth-order valence-electron chi connectivity index (χ4n) is 2.28. The quantitative estimate of drug-likeness (QED) is 0.887.